The molecule has 0 bridgehead atoms. The minimum atomic E-state index is -1.18. The van der Waals surface area contributed by atoms with Crippen LogP contribution in [0.25, 0.3) is 0 Å². The highest BCUT2D eigenvalue weighted by molar-refractivity contribution is 14.1. The van der Waals surface area contributed by atoms with Gasteiger partial charge in [-0.3, -0.25) is 19.2 Å². The highest BCUT2D eigenvalue weighted by Gasteiger charge is 2.29. The normalized spacial score (nSPS) is 10.8. The van der Waals surface area contributed by atoms with Crippen molar-refractivity contribution in [2.75, 3.05) is 23.7 Å². The third-order valence-electron chi connectivity index (χ3n) is 6.78. The van der Waals surface area contributed by atoms with Gasteiger partial charge in [-0.15, -0.1) is 0 Å². The lowest BCUT2D eigenvalue weighted by Gasteiger charge is -2.18. The van der Waals surface area contributed by atoms with E-state index >= 15 is 0 Å². The molecular weight excluding hydrogens is 1310 g/mol. The van der Waals surface area contributed by atoms with Crippen molar-refractivity contribution >= 4 is 182 Å². The maximum absolute atomic E-state index is 12.8. The van der Waals surface area contributed by atoms with Gasteiger partial charge in [0.15, 0.2) is 0 Å². The molecular formula is C30H32I6N4O8. The van der Waals surface area contributed by atoms with Crippen LogP contribution in [0, 0.1) is 21.4 Å². The molecule has 2 aromatic rings. The molecule has 0 radical (unpaired) electrons. The fourth-order valence-electron chi connectivity index (χ4n) is 4.50. The lowest BCUT2D eigenvalue weighted by atomic mass is 10.1. The number of carbonyl (C=O) groups excluding carboxylic acids is 4. The van der Waals surface area contributed by atoms with E-state index in [2.05, 4.69) is 21.3 Å². The molecule has 0 aliphatic carbocycles. The smallest absolute Gasteiger partial charge is 0.337 e. The van der Waals surface area contributed by atoms with Gasteiger partial charge in [0.2, 0.25) is 11.8 Å². The molecule has 48 heavy (non-hydrogen) atoms. The van der Waals surface area contributed by atoms with Gasteiger partial charge in [-0.25, -0.2) is 9.59 Å². The summed E-state index contributed by atoms with van der Waals surface area (Å²) in [6.45, 7) is 4.27. The minimum absolute atomic E-state index is 0.0287. The Morgan fingerprint density at radius 1 is 0.479 bits per heavy atom. The van der Waals surface area contributed by atoms with Gasteiger partial charge in [-0.1, -0.05) is 25.7 Å². The van der Waals surface area contributed by atoms with E-state index in [0.717, 1.165) is 25.7 Å². The van der Waals surface area contributed by atoms with E-state index in [0.29, 0.717) is 58.7 Å². The molecule has 0 aliphatic heterocycles. The van der Waals surface area contributed by atoms with E-state index < -0.39 is 23.8 Å². The predicted octanol–water partition coefficient (Wildman–Crippen LogP) is 7.91. The Morgan fingerprint density at radius 3 is 1.06 bits per heavy atom. The third-order valence-corrected chi connectivity index (χ3v) is 13.2. The summed E-state index contributed by atoms with van der Waals surface area (Å²) in [7, 11) is 0. The Morgan fingerprint density at radius 2 is 0.771 bits per heavy atom. The van der Waals surface area contributed by atoms with Crippen LogP contribution in [0.15, 0.2) is 0 Å². The number of halogens is 6. The van der Waals surface area contributed by atoms with Crippen molar-refractivity contribution < 1.29 is 39.0 Å². The zero-order chi connectivity index (χ0) is 36.3. The Balaban J connectivity index is 1.90. The van der Waals surface area contributed by atoms with Crippen molar-refractivity contribution in [2.45, 2.75) is 65.2 Å². The molecule has 0 atom stereocenters. The largest absolute Gasteiger partial charge is 0.478 e. The van der Waals surface area contributed by atoms with Gasteiger partial charge in [-0.2, -0.15) is 0 Å². The number of unbranched alkanes of at least 4 members (excludes halogenated alkanes) is 5. The van der Waals surface area contributed by atoms with Crippen LogP contribution in [0.4, 0.5) is 11.4 Å². The summed E-state index contributed by atoms with van der Waals surface area (Å²) in [4.78, 5) is 74.9. The maximum Gasteiger partial charge on any atom is 0.337 e. The molecule has 0 saturated carbocycles. The number of rotatable bonds is 17. The molecule has 4 amide bonds. The summed E-state index contributed by atoms with van der Waals surface area (Å²) < 4.78 is 2.29. The van der Waals surface area contributed by atoms with Crippen molar-refractivity contribution in [2.24, 2.45) is 0 Å². The second-order valence-corrected chi connectivity index (χ2v) is 16.7. The average molecular weight is 1340 g/mol. The van der Waals surface area contributed by atoms with Crippen molar-refractivity contribution in [1.29, 1.82) is 0 Å². The van der Waals surface area contributed by atoms with Gasteiger partial charge in [0.1, 0.15) is 0 Å². The number of nitrogens with one attached hydrogen (secondary N) is 4. The molecule has 6 N–H and O–H groups in total. The van der Waals surface area contributed by atoms with Crippen LogP contribution < -0.4 is 21.3 Å². The summed E-state index contributed by atoms with van der Waals surface area (Å²) in [6, 6.07) is 0. The van der Waals surface area contributed by atoms with E-state index in [4.69, 9.17) is 0 Å². The molecule has 12 nitrogen and oxygen atoms in total. The molecule has 0 fully saturated rings. The van der Waals surface area contributed by atoms with Gasteiger partial charge < -0.3 is 31.5 Å². The number of hydrogen-bond acceptors (Lipinski definition) is 6. The van der Waals surface area contributed by atoms with Gasteiger partial charge in [-0.05, 0) is 162 Å². The van der Waals surface area contributed by atoms with Crippen LogP contribution >= 0.6 is 136 Å². The van der Waals surface area contributed by atoms with Crippen LogP contribution in [-0.4, -0.2) is 58.9 Å². The topological polar surface area (TPSA) is 191 Å². The SMILES string of the molecule is CCNC(=O)c1c(I)c(NC(=O)CCCCCCCCC(=O)Nc2c(I)c(C(=O)O)c(I)c(C(=O)NCC)c2I)c(I)c(C(=O)O)c1I. The summed E-state index contributed by atoms with van der Waals surface area (Å²) in [5.41, 5.74) is 1.01. The van der Waals surface area contributed by atoms with Gasteiger partial charge in [0.05, 0.1) is 47.9 Å². The monoisotopic (exact) mass is 1340 g/mol. The molecule has 0 heterocycles. The number of carboxylic acid groups (broad SMARTS) is 2. The van der Waals surface area contributed by atoms with Crippen LogP contribution in [0.1, 0.15) is 107 Å². The van der Waals surface area contributed by atoms with Crippen molar-refractivity contribution in [1.82, 2.24) is 10.6 Å². The van der Waals surface area contributed by atoms with E-state index in [1.165, 1.54) is 0 Å². The summed E-state index contributed by atoms with van der Waals surface area (Å²) in [5.74, 6) is -3.73. The first-order chi connectivity index (χ1) is 22.6. The van der Waals surface area contributed by atoms with E-state index in [1.54, 1.807) is 13.8 Å². The average Bonchev–Trinajstić information content (AvgIpc) is 2.98. The van der Waals surface area contributed by atoms with E-state index in [1.807, 2.05) is 136 Å². The Labute approximate surface area is 359 Å². The second kappa shape index (κ2) is 21.2. The second-order valence-electron chi connectivity index (χ2n) is 10.2. The van der Waals surface area contributed by atoms with E-state index in [9.17, 15) is 39.0 Å². The predicted molar refractivity (Wildman–Crippen MR) is 233 cm³/mol. The molecule has 0 aromatic heterocycles. The molecule has 18 heteroatoms. The number of aromatic carboxylic acids is 2. The first kappa shape index (κ1) is 43.8. The molecule has 0 unspecified atom stereocenters. The number of anilines is 2. The molecule has 0 aliphatic rings. The molecule has 2 rings (SSSR count). The Hall–Kier alpha value is -0.360. The van der Waals surface area contributed by atoms with Crippen LogP contribution in [0.2, 0.25) is 0 Å². The number of carbonyl (C=O) groups is 6. The lowest BCUT2D eigenvalue weighted by Crippen LogP contribution is -2.27. The van der Waals surface area contributed by atoms with Crippen LogP contribution in [0.3, 0.4) is 0 Å². The lowest BCUT2D eigenvalue weighted by molar-refractivity contribution is -0.117. The molecule has 262 valence electrons. The fourth-order valence-corrected chi connectivity index (χ4v) is 13.3. The third kappa shape index (κ3) is 11.6. The molecule has 2 aromatic carbocycles. The quantitative estimate of drug-likeness (QED) is 0.0681. The van der Waals surface area contributed by atoms with Gasteiger partial charge in [0, 0.05) is 33.1 Å². The maximum atomic E-state index is 12.8. The Kier molecular flexibility index (Phi) is 19.4. The molecule has 0 spiro atoms. The standard InChI is InChI=1S/C30H32I6N4O8/c1-3-37-27(43)15-19(31)17(29(45)46)23(35)25(21(15)33)39-13(41)11-9-7-5-6-8-10-12-14(42)40-26-22(34)16(28(44)38-4-2)20(32)18(24(26)36)30(47)48/h3-12H2,1-2H3,(H,37,43)(H,38,44)(H,39,41)(H,40,42)(H,45,46)(H,47,48). The first-order valence-electron chi connectivity index (χ1n) is 14.6. The van der Waals surface area contributed by atoms with Gasteiger partial charge in [0.25, 0.3) is 11.8 Å². The number of benzene rings is 2. The molecule has 0 saturated heterocycles. The number of hydrogen-bond donors (Lipinski definition) is 6. The van der Waals surface area contributed by atoms with Crippen molar-refractivity contribution in [3.05, 3.63) is 43.7 Å². The first-order valence-corrected chi connectivity index (χ1v) is 21.1. The van der Waals surface area contributed by atoms with Crippen LogP contribution in [0.5, 0.6) is 0 Å². The minimum Gasteiger partial charge on any atom is -0.478 e. The van der Waals surface area contributed by atoms with Crippen molar-refractivity contribution in [3.63, 3.8) is 0 Å². The number of carboxylic acids is 2. The summed E-state index contributed by atoms with van der Waals surface area (Å²) in [6.07, 6.45) is 4.94. The summed E-state index contributed by atoms with van der Waals surface area (Å²) >= 11 is 11.4. The van der Waals surface area contributed by atoms with Crippen LogP contribution in [-0.2, 0) is 9.59 Å². The van der Waals surface area contributed by atoms with Gasteiger partial charge >= 0.3 is 11.9 Å². The fraction of sp³-hybridized carbons (Fsp3) is 0.400. The zero-order valence-corrected chi connectivity index (χ0v) is 38.6. The summed E-state index contributed by atoms with van der Waals surface area (Å²) in [5, 5.41) is 30.6. The number of amides is 4. The van der Waals surface area contributed by atoms with Crippen molar-refractivity contribution in [3.8, 4) is 0 Å². The van der Waals surface area contributed by atoms with E-state index in [-0.39, 0.29) is 46.9 Å². The Bertz CT molecular complexity index is 1500. The highest BCUT2D eigenvalue weighted by Crippen LogP contribution is 2.37. The highest BCUT2D eigenvalue weighted by atomic mass is 127. The zero-order valence-electron chi connectivity index (χ0n) is 25.7.